The molecule has 5 heteroatoms. The van der Waals surface area contributed by atoms with Gasteiger partial charge in [-0.1, -0.05) is 29.3 Å². The van der Waals surface area contributed by atoms with Gasteiger partial charge >= 0.3 is 0 Å². The van der Waals surface area contributed by atoms with Crippen LogP contribution >= 0.6 is 23.2 Å². The predicted octanol–water partition coefficient (Wildman–Crippen LogP) is 6.03. The zero-order chi connectivity index (χ0) is 17.8. The van der Waals surface area contributed by atoms with Crippen molar-refractivity contribution in [1.29, 1.82) is 0 Å². The highest BCUT2D eigenvalue weighted by Crippen LogP contribution is 2.26. The molecule has 25 heavy (non-hydrogen) atoms. The van der Waals surface area contributed by atoms with Gasteiger partial charge in [-0.15, -0.1) is 0 Å². The Morgan fingerprint density at radius 3 is 2.04 bits per heavy atom. The van der Waals surface area contributed by atoms with Crippen molar-refractivity contribution in [3.8, 4) is 17.2 Å². The van der Waals surface area contributed by atoms with Crippen molar-refractivity contribution in [2.75, 3.05) is 7.11 Å². The van der Waals surface area contributed by atoms with E-state index in [1.54, 1.807) is 55.6 Å². The second-order valence-corrected chi connectivity index (χ2v) is 6.17. The zero-order valence-corrected chi connectivity index (χ0v) is 14.8. The summed E-state index contributed by atoms with van der Waals surface area (Å²) in [6.45, 7) is 0. The van der Waals surface area contributed by atoms with Gasteiger partial charge in [-0.2, -0.15) is 0 Å². The van der Waals surface area contributed by atoms with Crippen LogP contribution in [0, 0.1) is 0 Å². The van der Waals surface area contributed by atoms with Gasteiger partial charge in [-0.3, -0.25) is 4.79 Å². The number of rotatable bonds is 5. The Labute approximate surface area is 155 Å². The molecule has 0 aliphatic rings. The average Bonchev–Trinajstić information content (AvgIpc) is 2.61. The molecule has 0 saturated heterocycles. The summed E-state index contributed by atoms with van der Waals surface area (Å²) in [6, 6.07) is 18.9. The van der Waals surface area contributed by atoms with E-state index in [9.17, 15) is 4.79 Å². The van der Waals surface area contributed by atoms with Crippen molar-refractivity contribution in [2.45, 2.75) is 0 Å². The lowest BCUT2D eigenvalue weighted by Gasteiger charge is -2.08. The lowest BCUT2D eigenvalue weighted by molar-refractivity contribution is 0.103. The van der Waals surface area contributed by atoms with Crippen LogP contribution in [0.25, 0.3) is 0 Å². The van der Waals surface area contributed by atoms with E-state index in [0.717, 1.165) is 0 Å². The summed E-state index contributed by atoms with van der Waals surface area (Å²) in [6.07, 6.45) is 0. The Kier molecular flexibility index (Phi) is 5.27. The summed E-state index contributed by atoms with van der Waals surface area (Å²) in [5.41, 5.74) is 0.968. The molecule has 3 rings (SSSR count). The molecular formula is C20H14Cl2O3. The smallest absolute Gasteiger partial charge is 0.193 e. The van der Waals surface area contributed by atoms with Crippen molar-refractivity contribution in [3.05, 3.63) is 87.9 Å². The lowest BCUT2D eigenvalue weighted by atomic mass is 10.0. The molecule has 0 N–H and O–H groups in total. The third-order valence-electron chi connectivity index (χ3n) is 3.52. The first kappa shape index (κ1) is 17.3. The van der Waals surface area contributed by atoms with E-state index in [0.29, 0.717) is 38.4 Å². The van der Waals surface area contributed by atoms with Crippen LogP contribution in [0.2, 0.25) is 10.0 Å². The molecule has 0 fully saturated rings. The Morgan fingerprint density at radius 1 is 0.760 bits per heavy atom. The Morgan fingerprint density at radius 2 is 1.40 bits per heavy atom. The van der Waals surface area contributed by atoms with Crippen molar-refractivity contribution < 1.29 is 14.3 Å². The molecule has 0 aliphatic heterocycles. The maximum atomic E-state index is 12.5. The number of carbonyl (C=O) groups is 1. The second kappa shape index (κ2) is 7.60. The molecule has 3 aromatic carbocycles. The molecule has 0 bridgehead atoms. The maximum Gasteiger partial charge on any atom is 0.193 e. The third-order valence-corrected chi connectivity index (χ3v) is 3.95. The largest absolute Gasteiger partial charge is 0.497 e. The fourth-order valence-electron chi connectivity index (χ4n) is 2.33. The minimum atomic E-state index is -0.155. The van der Waals surface area contributed by atoms with Gasteiger partial charge in [0.05, 0.1) is 7.11 Å². The van der Waals surface area contributed by atoms with Crippen LogP contribution in [0.1, 0.15) is 15.9 Å². The van der Waals surface area contributed by atoms with E-state index < -0.39 is 0 Å². The summed E-state index contributed by atoms with van der Waals surface area (Å²) in [7, 11) is 1.60. The molecule has 0 spiro atoms. The number of ketones is 1. The van der Waals surface area contributed by atoms with Crippen LogP contribution < -0.4 is 9.47 Å². The Bertz CT molecular complexity index is 885. The van der Waals surface area contributed by atoms with Gasteiger partial charge in [0.1, 0.15) is 17.2 Å². The molecule has 0 atom stereocenters. The minimum Gasteiger partial charge on any atom is -0.497 e. The number of hydrogen-bond donors (Lipinski definition) is 0. The van der Waals surface area contributed by atoms with Crippen LogP contribution in [-0.4, -0.2) is 12.9 Å². The lowest BCUT2D eigenvalue weighted by Crippen LogP contribution is -2.01. The highest BCUT2D eigenvalue weighted by molar-refractivity contribution is 6.35. The molecule has 0 saturated carbocycles. The van der Waals surface area contributed by atoms with Crippen molar-refractivity contribution in [3.63, 3.8) is 0 Å². The van der Waals surface area contributed by atoms with Gasteiger partial charge < -0.3 is 9.47 Å². The zero-order valence-electron chi connectivity index (χ0n) is 13.3. The highest BCUT2D eigenvalue weighted by Gasteiger charge is 2.11. The Balaban J connectivity index is 1.78. The van der Waals surface area contributed by atoms with E-state index in [1.165, 1.54) is 0 Å². The van der Waals surface area contributed by atoms with Crippen LogP contribution in [0.4, 0.5) is 0 Å². The first-order valence-corrected chi connectivity index (χ1v) is 8.23. The summed E-state index contributed by atoms with van der Waals surface area (Å²) in [5, 5.41) is 0.850. The molecule has 3 aromatic rings. The summed E-state index contributed by atoms with van der Waals surface area (Å²) < 4.78 is 10.9. The second-order valence-electron chi connectivity index (χ2n) is 5.29. The SMILES string of the molecule is COc1cccc(Oc2ccc(C(=O)c3cc(Cl)cc(Cl)c3)cc2)c1. The number of carbonyl (C=O) groups excluding carboxylic acids is 1. The van der Waals surface area contributed by atoms with Crippen molar-refractivity contribution in [2.24, 2.45) is 0 Å². The fourth-order valence-corrected chi connectivity index (χ4v) is 2.85. The molecule has 0 amide bonds. The van der Waals surface area contributed by atoms with Gasteiger partial charge in [0.2, 0.25) is 0 Å². The topological polar surface area (TPSA) is 35.5 Å². The summed E-state index contributed by atoms with van der Waals surface area (Å²) in [4.78, 5) is 12.5. The van der Waals surface area contributed by atoms with Crippen LogP contribution in [-0.2, 0) is 0 Å². The van der Waals surface area contributed by atoms with Crippen LogP contribution in [0.5, 0.6) is 17.2 Å². The van der Waals surface area contributed by atoms with Gasteiger partial charge in [0, 0.05) is 27.2 Å². The summed E-state index contributed by atoms with van der Waals surface area (Å²) in [5.74, 6) is 1.83. The number of benzene rings is 3. The monoisotopic (exact) mass is 372 g/mol. The molecule has 0 aliphatic carbocycles. The van der Waals surface area contributed by atoms with Crippen molar-refractivity contribution in [1.82, 2.24) is 0 Å². The standard InChI is InChI=1S/C20H14Cl2O3/c1-24-18-3-2-4-19(12-18)25-17-7-5-13(6-8-17)20(23)14-9-15(21)11-16(22)10-14/h2-12H,1H3. The predicted molar refractivity (Wildman–Crippen MR) is 99.4 cm³/mol. The quantitative estimate of drug-likeness (QED) is 0.513. The molecule has 0 aromatic heterocycles. The number of halogens is 2. The number of ether oxygens (including phenoxy) is 2. The molecule has 3 nitrogen and oxygen atoms in total. The summed E-state index contributed by atoms with van der Waals surface area (Å²) >= 11 is 11.9. The maximum absolute atomic E-state index is 12.5. The average molecular weight is 373 g/mol. The minimum absolute atomic E-state index is 0.155. The highest BCUT2D eigenvalue weighted by atomic mass is 35.5. The normalized spacial score (nSPS) is 10.4. The molecule has 0 heterocycles. The van der Waals surface area contributed by atoms with Crippen molar-refractivity contribution >= 4 is 29.0 Å². The molecule has 0 radical (unpaired) electrons. The van der Waals surface area contributed by atoms with E-state index in [4.69, 9.17) is 32.7 Å². The van der Waals surface area contributed by atoms with E-state index in [2.05, 4.69) is 0 Å². The van der Waals surface area contributed by atoms with E-state index in [1.807, 2.05) is 18.2 Å². The van der Waals surface area contributed by atoms with Crippen LogP contribution in [0.15, 0.2) is 66.7 Å². The van der Waals surface area contributed by atoms with Gasteiger partial charge in [-0.25, -0.2) is 0 Å². The van der Waals surface area contributed by atoms with E-state index >= 15 is 0 Å². The van der Waals surface area contributed by atoms with Crippen LogP contribution in [0.3, 0.4) is 0 Å². The first-order valence-electron chi connectivity index (χ1n) is 7.48. The number of methoxy groups -OCH3 is 1. The van der Waals surface area contributed by atoms with Gasteiger partial charge in [-0.05, 0) is 54.6 Å². The Hall–Kier alpha value is -2.49. The number of hydrogen-bond acceptors (Lipinski definition) is 3. The fraction of sp³-hybridized carbons (Fsp3) is 0.0500. The molecule has 126 valence electrons. The molecule has 0 unspecified atom stereocenters. The first-order chi connectivity index (χ1) is 12.0. The van der Waals surface area contributed by atoms with E-state index in [-0.39, 0.29) is 5.78 Å². The van der Waals surface area contributed by atoms with Gasteiger partial charge in [0.15, 0.2) is 5.78 Å². The molecular weight excluding hydrogens is 359 g/mol. The third kappa shape index (κ3) is 4.32. The van der Waals surface area contributed by atoms with Gasteiger partial charge in [0.25, 0.3) is 0 Å².